The Morgan fingerprint density at radius 3 is 2.59 bits per heavy atom. The summed E-state index contributed by atoms with van der Waals surface area (Å²) in [6.45, 7) is 0. The van der Waals surface area contributed by atoms with Crippen LogP contribution in [0.15, 0.2) is 24.9 Å². The predicted octanol–water partition coefficient (Wildman–Crippen LogP) is 1.91. The minimum atomic E-state index is 0.243. The fourth-order valence-electron chi connectivity index (χ4n) is 1.43. The van der Waals surface area contributed by atoms with E-state index >= 15 is 0 Å². The molecule has 0 atom stereocenters. The fraction of sp³-hybridized carbons (Fsp3) is 0. The van der Waals surface area contributed by atoms with Crippen LogP contribution in [0.3, 0.4) is 0 Å². The van der Waals surface area contributed by atoms with E-state index in [0.29, 0.717) is 22.0 Å². The van der Waals surface area contributed by atoms with Crippen molar-refractivity contribution in [2.24, 2.45) is 0 Å². The summed E-state index contributed by atoms with van der Waals surface area (Å²) in [6, 6.07) is 0. The molecule has 3 rings (SSSR count). The molecule has 0 unspecified atom stereocenters. The van der Waals surface area contributed by atoms with Gasteiger partial charge in [0.05, 0.1) is 11.6 Å². The molecule has 0 aromatic carbocycles. The minimum absolute atomic E-state index is 0.243. The SMILES string of the molecule is Clc1nccnc1-n1ncc2c(Cl)ncnc21. The lowest BCUT2D eigenvalue weighted by Crippen LogP contribution is -2.02. The third-order valence-electron chi connectivity index (χ3n) is 2.15. The normalized spacial score (nSPS) is 10.9. The molecule has 0 fully saturated rings. The van der Waals surface area contributed by atoms with Gasteiger partial charge in [0.15, 0.2) is 16.6 Å². The number of halogens is 2. The van der Waals surface area contributed by atoms with Crippen LogP contribution in [0.25, 0.3) is 16.9 Å². The highest BCUT2D eigenvalue weighted by molar-refractivity contribution is 6.34. The lowest BCUT2D eigenvalue weighted by atomic mass is 10.4. The second-order valence-corrected chi connectivity index (χ2v) is 3.84. The predicted molar refractivity (Wildman–Crippen MR) is 62.3 cm³/mol. The van der Waals surface area contributed by atoms with Crippen molar-refractivity contribution < 1.29 is 0 Å². The molecule has 0 saturated carbocycles. The Labute approximate surface area is 105 Å². The molecule has 17 heavy (non-hydrogen) atoms. The first kappa shape index (κ1) is 10.4. The van der Waals surface area contributed by atoms with Gasteiger partial charge >= 0.3 is 0 Å². The lowest BCUT2D eigenvalue weighted by molar-refractivity contribution is 0.852. The van der Waals surface area contributed by atoms with Crippen molar-refractivity contribution in [3.05, 3.63) is 35.2 Å². The molecular weight excluding hydrogens is 263 g/mol. The molecular formula is C9H4Cl2N6. The third kappa shape index (κ3) is 1.62. The quantitative estimate of drug-likeness (QED) is 0.630. The van der Waals surface area contributed by atoms with Crippen molar-refractivity contribution in [1.29, 1.82) is 0 Å². The van der Waals surface area contributed by atoms with Crippen molar-refractivity contribution in [1.82, 2.24) is 29.7 Å². The van der Waals surface area contributed by atoms with Gasteiger partial charge in [-0.25, -0.2) is 19.9 Å². The molecule has 8 heteroatoms. The average Bonchev–Trinajstić information content (AvgIpc) is 2.75. The number of aromatic nitrogens is 6. The number of hydrogen-bond acceptors (Lipinski definition) is 5. The molecule has 3 aromatic rings. The first-order valence-corrected chi connectivity index (χ1v) is 5.34. The Morgan fingerprint density at radius 1 is 0.941 bits per heavy atom. The Morgan fingerprint density at radius 2 is 1.76 bits per heavy atom. The van der Waals surface area contributed by atoms with Crippen LogP contribution in [0, 0.1) is 0 Å². The zero-order chi connectivity index (χ0) is 11.8. The van der Waals surface area contributed by atoms with E-state index in [-0.39, 0.29) is 5.15 Å². The maximum atomic E-state index is 5.95. The Bertz CT molecular complexity index is 695. The monoisotopic (exact) mass is 266 g/mol. The fourth-order valence-corrected chi connectivity index (χ4v) is 1.79. The number of rotatable bonds is 1. The van der Waals surface area contributed by atoms with Gasteiger partial charge in [0.25, 0.3) is 0 Å². The van der Waals surface area contributed by atoms with Gasteiger partial charge in [-0.3, -0.25) is 0 Å². The first-order chi connectivity index (χ1) is 8.27. The van der Waals surface area contributed by atoms with Crippen LogP contribution in [-0.4, -0.2) is 29.7 Å². The van der Waals surface area contributed by atoms with Crippen LogP contribution in [-0.2, 0) is 0 Å². The number of hydrogen-bond donors (Lipinski definition) is 0. The lowest BCUT2D eigenvalue weighted by Gasteiger charge is -2.02. The number of nitrogens with zero attached hydrogens (tertiary/aromatic N) is 6. The zero-order valence-electron chi connectivity index (χ0n) is 8.25. The van der Waals surface area contributed by atoms with Gasteiger partial charge in [-0.15, -0.1) is 0 Å². The average molecular weight is 267 g/mol. The second-order valence-electron chi connectivity index (χ2n) is 3.13. The van der Waals surface area contributed by atoms with Gasteiger partial charge in [0.1, 0.15) is 11.5 Å². The topological polar surface area (TPSA) is 69.4 Å². The summed E-state index contributed by atoms with van der Waals surface area (Å²) in [7, 11) is 0. The van der Waals surface area contributed by atoms with Crippen LogP contribution < -0.4 is 0 Å². The third-order valence-corrected chi connectivity index (χ3v) is 2.72. The largest absolute Gasteiger partial charge is 0.239 e. The first-order valence-electron chi connectivity index (χ1n) is 4.58. The van der Waals surface area contributed by atoms with Crippen molar-refractivity contribution in [2.75, 3.05) is 0 Å². The smallest absolute Gasteiger partial charge is 0.193 e. The van der Waals surface area contributed by atoms with Gasteiger partial charge in [-0.2, -0.15) is 9.78 Å². The van der Waals surface area contributed by atoms with Crippen molar-refractivity contribution in [3.63, 3.8) is 0 Å². The van der Waals surface area contributed by atoms with Crippen LogP contribution in [0.5, 0.6) is 0 Å². The van der Waals surface area contributed by atoms with Crippen LogP contribution in [0.1, 0.15) is 0 Å². The summed E-state index contributed by atoms with van der Waals surface area (Å²) >= 11 is 11.9. The van der Waals surface area contributed by atoms with Crippen LogP contribution in [0.4, 0.5) is 0 Å². The summed E-state index contributed by atoms with van der Waals surface area (Å²) in [6.07, 6.45) is 5.94. The van der Waals surface area contributed by atoms with Crippen molar-refractivity contribution in [2.45, 2.75) is 0 Å². The molecule has 0 spiro atoms. The highest BCUT2D eigenvalue weighted by Gasteiger charge is 2.13. The molecule has 0 aliphatic heterocycles. The summed E-state index contributed by atoms with van der Waals surface area (Å²) in [5.74, 6) is 0.402. The molecule has 0 aliphatic carbocycles. The Balaban J connectivity index is 2.33. The van der Waals surface area contributed by atoms with Gasteiger partial charge in [0.2, 0.25) is 0 Å². The molecule has 0 N–H and O–H groups in total. The van der Waals surface area contributed by atoms with Gasteiger partial charge < -0.3 is 0 Å². The Kier molecular flexibility index (Phi) is 2.38. The highest BCUT2D eigenvalue weighted by Crippen LogP contribution is 2.22. The summed E-state index contributed by atoms with van der Waals surface area (Å²) in [5, 5.41) is 5.34. The van der Waals surface area contributed by atoms with Crippen LogP contribution >= 0.6 is 23.2 Å². The van der Waals surface area contributed by atoms with E-state index in [9.17, 15) is 0 Å². The Hall–Kier alpha value is -1.79. The molecule has 0 amide bonds. The minimum Gasteiger partial charge on any atom is -0.239 e. The van der Waals surface area contributed by atoms with E-state index in [1.807, 2.05) is 0 Å². The van der Waals surface area contributed by atoms with Gasteiger partial charge in [-0.1, -0.05) is 23.2 Å². The van der Waals surface area contributed by atoms with E-state index < -0.39 is 0 Å². The maximum absolute atomic E-state index is 5.95. The standard InChI is InChI=1S/C9H4Cl2N6/c10-6-5-3-16-17(8(5)15-4-14-6)9-7(11)12-1-2-13-9/h1-4H. The second kappa shape index (κ2) is 3.90. The molecule has 0 aliphatic rings. The molecule has 3 aromatic heterocycles. The summed E-state index contributed by atoms with van der Waals surface area (Å²) < 4.78 is 1.47. The maximum Gasteiger partial charge on any atom is 0.193 e. The molecule has 6 nitrogen and oxygen atoms in total. The summed E-state index contributed by atoms with van der Waals surface area (Å²) in [5.41, 5.74) is 0.535. The number of fused-ring (bicyclic) bond motifs is 1. The zero-order valence-corrected chi connectivity index (χ0v) is 9.76. The summed E-state index contributed by atoms with van der Waals surface area (Å²) in [4.78, 5) is 16.0. The van der Waals surface area contributed by atoms with E-state index in [1.54, 1.807) is 6.20 Å². The molecule has 0 bridgehead atoms. The van der Waals surface area contributed by atoms with Gasteiger partial charge in [0, 0.05) is 12.4 Å². The van der Waals surface area contributed by atoms with Crippen molar-refractivity contribution >= 4 is 34.2 Å². The molecule has 0 radical (unpaired) electrons. The van der Waals surface area contributed by atoms with E-state index in [1.165, 1.54) is 23.4 Å². The molecule has 3 heterocycles. The molecule has 84 valence electrons. The van der Waals surface area contributed by atoms with E-state index in [0.717, 1.165) is 0 Å². The van der Waals surface area contributed by atoms with E-state index in [2.05, 4.69) is 25.0 Å². The van der Waals surface area contributed by atoms with Crippen LogP contribution in [0.2, 0.25) is 10.3 Å². The molecule has 0 saturated heterocycles. The highest BCUT2D eigenvalue weighted by atomic mass is 35.5. The van der Waals surface area contributed by atoms with E-state index in [4.69, 9.17) is 23.2 Å². The van der Waals surface area contributed by atoms with Crippen molar-refractivity contribution in [3.8, 4) is 5.82 Å². The van der Waals surface area contributed by atoms with Gasteiger partial charge in [-0.05, 0) is 0 Å².